The van der Waals surface area contributed by atoms with Crippen molar-refractivity contribution in [2.24, 2.45) is 5.73 Å². The number of rotatable bonds is 4. The van der Waals surface area contributed by atoms with Crippen molar-refractivity contribution in [2.45, 2.75) is 44.8 Å². The Morgan fingerprint density at radius 3 is 2.88 bits per heavy atom. The average Bonchev–Trinajstić information content (AvgIpc) is 2.88. The maximum absolute atomic E-state index is 9.44. The zero-order chi connectivity index (χ0) is 12.4. The predicted octanol–water partition coefficient (Wildman–Crippen LogP) is 1.90. The largest absolute Gasteiger partial charge is 0.395 e. The molecule has 4 heteroatoms. The third kappa shape index (κ3) is 2.71. The molecule has 0 aromatic carbocycles. The van der Waals surface area contributed by atoms with Crippen molar-refractivity contribution in [1.29, 1.82) is 0 Å². The maximum atomic E-state index is 9.44. The minimum absolute atomic E-state index is 0.0974. The molecule has 1 aromatic rings. The van der Waals surface area contributed by atoms with Gasteiger partial charge in [-0.1, -0.05) is 0 Å². The van der Waals surface area contributed by atoms with E-state index in [0.717, 1.165) is 13.0 Å². The second-order valence-corrected chi connectivity index (χ2v) is 6.29. The fourth-order valence-corrected chi connectivity index (χ4v) is 3.87. The number of aryl methyl sites for hydroxylation is 1. The standard InChI is InChI=1S/C13H22N2OS/c1-9-5-6-12(17-9)13(10(2)14)15-7-3-4-11(15)8-16/h5-6,10-11,13,16H,3-4,7-8,14H2,1-2H3. The van der Waals surface area contributed by atoms with E-state index in [4.69, 9.17) is 5.73 Å². The molecule has 17 heavy (non-hydrogen) atoms. The molecule has 1 aromatic heterocycles. The van der Waals surface area contributed by atoms with Crippen LogP contribution in [0.5, 0.6) is 0 Å². The highest BCUT2D eigenvalue weighted by molar-refractivity contribution is 7.12. The van der Waals surface area contributed by atoms with E-state index in [-0.39, 0.29) is 24.7 Å². The molecule has 1 fully saturated rings. The Bertz CT molecular complexity index is 364. The third-order valence-electron chi connectivity index (χ3n) is 3.54. The molecule has 2 rings (SSSR count). The Morgan fingerprint density at radius 1 is 1.59 bits per heavy atom. The summed E-state index contributed by atoms with van der Waals surface area (Å²) in [6, 6.07) is 4.97. The highest BCUT2D eigenvalue weighted by Gasteiger charge is 2.33. The van der Waals surface area contributed by atoms with E-state index >= 15 is 0 Å². The molecule has 3 atom stereocenters. The first-order valence-corrected chi connectivity index (χ1v) is 7.13. The van der Waals surface area contributed by atoms with Crippen LogP contribution in [0.3, 0.4) is 0 Å². The number of aliphatic hydroxyl groups excluding tert-OH is 1. The van der Waals surface area contributed by atoms with E-state index in [1.807, 2.05) is 11.3 Å². The number of likely N-dealkylation sites (tertiary alicyclic amines) is 1. The Balaban J connectivity index is 2.23. The summed E-state index contributed by atoms with van der Waals surface area (Å²) in [6.07, 6.45) is 2.25. The highest BCUT2D eigenvalue weighted by Crippen LogP contribution is 2.34. The normalized spacial score (nSPS) is 25.1. The van der Waals surface area contributed by atoms with E-state index in [1.165, 1.54) is 16.2 Å². The Morgan fingerprint density at radius 2 is 2.35 bits per heavy atom. The van der Waals surface area contributed by atoms with Crippen molar-refractivity contribution in [3.63, 3.8) is 0 Å². The molecule has 0 saturated carbocycles. The Kier molecular flexibility index (Phi) is 4.20. The Labute approximate surface area is 107 Å². The number of nitrogens with zero attached hydrogens (tertiary/aromatic N) is 1. The lowest BCUT2D eigenvalue weighted by molar-refractivity contribution is 0.109. The summed E-state index contributed by atoms with van der Waals surface area (Å²) in [5.74, 6) is 0. The molecule has 3 N–H and O–H groups in total. The molecule has 1 aliphatic heterocycles. The van der Waals surface area contributed by atoms with Crippen molar-refractivity contribution >= 4 is 11.3 Å². The first-order valence-electron chi connectivity index (χ1n) is 6.32. The number of hydrogen-bond donors (Lipinski definition) is 2. The molecule has 0 bridgehead atoms. The van der Waals surface area contributed by atoms with Crippen LogP contribution >= 0.6 is 11.3 Å². The minimum atomic E-state index is 0.0974. The summed E-state index contributed by atoms with van der Waals surface area (Å²) < 4.78 is 0. The lowest BCUT2D eigenvalue weighted by Gasteiger charge is -2.34. The summed E-state index contributed by atoms with van der Waals surface area (Å²) in [5.41, 5.74) is 6.16. The second kappa shape index (κ2) is 5.48. The molecule has 1 aliphatic rings. The van der Waals surface area contributed by atoms with Gasteiger partial charge < -0.3 is 10.8 Å². The molecule has 96 valence electrons. The molecule has 2 heterocycles. The third-order valence-corrected chi connectivity index (χ3v) is 4.61. The maximum Gasteiger partial charge on any atom is 0.0594 e. The van der Waals surface area contributed by atoms with Crippen LogP contribution in [-0.4, -0.2) is 35.2 Å². The highest BCUT2D eigenvalue weighted by atomic mass is 32.1. The zero-order valence-corrected chi connectivity index (χ0v) is 11.4. The average molecular weight is 254 g/mol. The van der Waals surface area contributed by atoms with Crippen LogP contribution in [0.4, 0.5) is 0 Å². The number of nitrogens with two attached hydrogens (primary N) is 1. The lowest BCUT2D eigenvalue weighted by Crippen LogP contribution is -2.43. The van der Waals surface area contributed by atoms with E-state index in [0.29, 0.717) is 0 Å². The number of thiophene rings is 1. The molecule has 3 unspecified atom stereocenters. The lowest BCUT2D eigenvalue weighted by atomic mass is 10.1. The van der Waals surface area contributed by atoms with Crippen molar-refractivity contribution in [3.05, 3.63) is 21.9 Å². The second-order valence-electron chi connectivity index (χ2n) is 4.97. The van der Waals surface area contributed by atoms with Gasteiger partial charge in [-0.25, -0.2) is 0 Å². The summed E-state index contributed by atoms with van der Waals surface area (Å²) in [4.78, 5) is 5.04. The van der Waals surface area contributed by atoms with Gasteiger partial charge in [-0.05, 0) is 45.4 Å². The van der Waals surface area contributed by atoms with E-state index in [2.05, 4.69) is 30.9 Å². The fraction of sp³-hybridized carbons (Fsp3) is 0.692. The fourth-order valence-electron chi connectivity index (χ4n) is 2.76. The van der Waals surface area contributed by atoms with E-state index < -0.39 is 0 Å². The molecular weight excluding hydrogens is 232 g/mol. The Hall–Kier alpha value is -0.420. The van der Waals surface area contributed by atoms with Gasteiger partial charge in [0.15, 0.2) is 0 Å². The zero-order valence-electron chi connectivity index (χ0n) is 10.6. The first kappa shape index (κ1) is 13.0. The van der Waals surface area contributed by atoms with Crippen molar-refractivity contribution < 1.29 is 5.11 Å². The molecule has 0 spiro atoms. The van der Waals surface area contributed by atoms with E-state index in [9.17, 15) is 5.11 Å². The minimum Gasteiger partial charge on any atom is -0.395 e. The van der Waals surface area contributed by atoms with Crippen molar-refractivity contribution in [2.75, 3.05) is 13.2 Å². The smallest absolute Gasteiger partial charge is 0.0594 e. The molecule has 0 amide bonds. The van der Waals surface area contributed by atoms with Crippen LogP contribution in [0, 0.1) is 6.92 Å². The van der Waals surface area contributed by atoms with Gasteiger partial charge in [0.05, 0.1) is 12.6 Å². The van der Waals surface area contributed by atoms with E-state index in [1.54, 1.807) is 0 Å². The summed E-state index contributed by atoms with van der Waals surface area (Å²) >= 11 is 1.82. The van der Waals surface area contributed by atoms with Gasteiger partial charge in [-0.15, -0.1) is 11.3 Å². The number of hydrogen-bond acceptors (Lipinski definition) is 4. The van der Waals surface area contributed by atoms with Crippen molar-refractivity contribution in [1.82, 2.24) is 4.90 Å². The molecule has 1 saturated heterocycles. The van der Waals surface area contributed by atoms with Crippen LogP contribution in [0.15, 0.2) is 12.1 Å². The van der Waals surface area contributed by atoms with Gasteiger partial charge in [-0.2, -0.15) is 0 Å². The summed E-state index contributed by atoms with van der Waals surface area (Å²) in [7, 11) is 0. The number of aliphatic hydroxyl groups is 1. The van der Waals surface area contributed by atoms with Gasteiger partial charge in [0.1, 0.15) is 0 Å². The van der Waals surface area contributed by atoms with Gasteiger partial charge in [0.2, 0.25) is 0 Å². The van der Waals surface area contributed by atoms with Gasteiger partial charge in [-0.3, -0.25) is 4.90 Å². The van der Waals surface area contributed by atoms with Crippen molar-refractivity contribution in [3.8, 4) is 0 Å². The van der Waals surface area contributed by atoms with Gasteiger partial charge in [0, 0.05) is 21.8 Å². The summed E-state index contributed by atoms with van der Waals surface area (Å²) in [6.45, 7) is 5.48. The topological polar surface area (TPSA) is 49.5 Å². The predicted molar refractivity (Wildman–Crippen MR) is 72.3 cm³/mol. The molecule has 0 radical (unpaired) electrons. The monoisotopic (exact) mass is 254 g/mol. The van der Waals surface area contributed by atoms with Crippen LogP contribution in [-0.2, 0) is 0 Å². The molecule has 3 nitrogen and oxygen atoms in total. The summed E-state index contributed by atoms with van der Waals surface area (Å²) in [5, 5.41) is 9.44. The molecule has 0 aliphatic carbocycles. The quantitative estimate of drug-likeness (QED) is 0.863. The van der Waals surface area contributed by atoms with Crippen LogP contribution in [0.2, 0.25) is 0 Å². The van der Waals surface area contributed by atoms with Crippen LogP contribution in [0.25, 0.3) is 0 Å². The first-order chi connectivity index (χ1) is 8.13. The SMILES string of the molecule is Cc1ccc(C(C(C)N)N2CCCC2CO)s1. The molecular formula is C13H22N2OS. The van der Waals surface area contributed by atoms with Gasteiger partial charge >= 0.3 is 0 Å². The van der Waals surface area contributed by atoms with Gasteiger partial charge in [0.25, 0.3) is 0 Å². The van der Waals surface area contributed by atoms with Crippen LogP contribution < -0.4 is 5.73 Å². The van der Waals surface area contributed by atoms with Crippen LogP contribution in [0.1, 0.15) is 35.6 Å².